The minimum absolute atomic E-state index is 0.148. The first-order valence-corrected chi connectivity index (χ1v) is 10.6. The van der Waals surface area contributed by atoms with Crippen LogP contribution in [0.2, 0.25) is 5.15 Å². The first-order chi connectivity index (χ1) is 11.7. The Morgan fingerprint density at radius 2 is 1.92 bits per heavy atom. The van der Waals surface area contributed by atoms with Crippen LogP contribution < -0.4 is 0 Å². The monoisotopic (exact) mass is 388 g/mol. The lowest BCUT2D eigenvalue weighted by Gasteiger charge is -2.32. The van der Waals surface area contributed by atoms with Crippen LogP contribution in [0.3, 0.4) is 0 Å². The van der Waals surface area contributed by atoms with Crippen molar-refractivity contribution < 1.29 is 13.2 Å². The Balaban J connectivity index is 2.00. The van der Waals surface area contributed by atoms with Gasteiger partial charge in [-0.05, 0) is 19.4 Å². The molecule has 0 saturated carbocycles. The lowest BCUT2D eigenvalue weighted by atomic mass is 10.2. The Kier molecular flexibility index (Phi) is 6.65. The highest BCUT2D eigenvalue weighted by atomic mass is 35.5. The number of unbranched alkanes of at least 4 members (excludes halogenated alkanes) is 1. The highest BCUT2D eigenvalue weighted by Gasteiger charge is 2.25. The van der Waals surface area contributed by atoms with Gasteiger partial charge in [0.2, 0.25) is 15.9 Å². The summed E-state index contributed by atoms with van der Waals surface area (Å²) in [5, 5.41) is 4.95. The molecule has 1 saturated heterocycles. The number of halogens is 1. The standard InChI is InChI=1S/C16H25ClN4O3S/c1-4-5-8-21-16(17)14(13(2)18-21)6-7-15(22)19-9-11-20(12-10-19)25(3,23)24/h6-7H,4-5,8-12H2,1-3H3/b7-6+. The van der Waals surface area contributed by atoms with E-state index in [4.69, 9.17) is 11.6 Å². The summed E-state index contributed by atoms with van der Waals surface area (Å²) in [6.45, 7) is 6.15. The van der Waals surface area contributed by atoms with Gasteiger partial charge in [-0.25, -0.2) is 8.42 Å². The molecular formula is C16H25ClN4O3S. The minimum Gasteiger partial charge on any atom is -0.337 e. The summed E-state index contributed by atoms with van der Waals surface area (Å²) in [5.41, 5.74) is 1.54. The van der Waals surface area contributed by atoms with Crippen molar-refractivity contribution in [3.05, 3.63) is 22.5 Å². The summed E-state index contributed by atoms with van der Waals surface area (Å²) in [5.74, 6) is -0.148. The molecule has 0 aromatic carbocycles. The molecule has 0 unspecified atom stereocenters. The number of carbonyl (C=O) groups excluding carboxylic acids is 1. The Morgan fingerprint density at radius 3 is 2.48 bits per heavy atom. The van der Waals surface area contributed by atoms with Crippen molar-refractivity contribution in [3.8, 4) is 0 Å². The van der Waals surface area contributed by atoms with Gasteiger partial charge < -0.3 is 4.90 Å². The summed E-state index contributed by atoms with van der Waals surface area (Å²) >= 11 is 6.35. The number of carbonyl (C=O) groups is 1. The molecule has 0 bridgehead atoms. The van der Waals surface area contributed by atoms with E-state index in [0.717, 1.165) is 30.6 Å². The number of sulfonamides is 1. The molecule has 1 aromatic heterocycles. The third-order valence-corrected chi connectivity index (χ3v) is 5.95. The largest absolute Gasteiger partial charge is 0.337 e. The predicted molar refractivity (Wildman–Crippen MR) is 98.9 cm³/mol. The van der Waals surface area contributed by atoms with Crippen LogP contribution in [-0.2, 0) is 21.4 Å². The zero-order chi connectivity index (χ0) is 18.6. The van der Waals surface area contributed by atoms with E-state index in [2.05, 4.69) is 12.0 Å². The average Bonchev–Trinajstić information content (AvgIpc) is 2.83. The lowest BCUT2D eigenvalue weighted by Crippen LogP contribution is -2.49. The van der Waals surface area contributed by atoms with Crippen LogP contribution in [0.25, 0.3) is 6.08 Å². The molecule has 9 heteroatoms. The van der Waals surface area contributed by atoms with E-state index in [9.17, 15) is 13.2 Å². The highest BCUT2D eigenvalue weighted by molar-refractivity contribution is 7.88. The summed E-state index contributed by atoms with van der Waals surface area (Å²) in [6.07, 6.45) is 6.41. The SMILES string of the molecule is CCCCn1nc(C)c(/C=C/C(=O)N2CCN(S(C)(=O)=O)CC2)c1Cl. The van der Waals surface area contributed by atoms with E-state index in [1.165, 1.54) is 16.6 Å². The van der Waals surface area contributed by atoms with Gasteiger partial charge in [-0.1, -0.05) is 24.9 Å². The molecule has 1 aliphatic rings. The molecule has 0 radical (unpaired) electrons. The van der Waals surface area contributed by atoms with E-state index >= 15 is 0 Å². The van der Waals surface area contributed by atoms with Crippen LogP contribution in [0, 0.1) is 6.92 Å². The number of amides is 1. The molecule has 1 aromatic rings. The van der Waals surface area contributed by atoms with Crippen molar-refractivity contribution in [2.45, 2.75) is 33.2 Å². The fourth-order valence-electron chi connectivity index (χ4n) is 2.71. The van der Waals surface area contributed by atoms with Crippen LogP contribution in [0.4, 0.5) is 0 Å². The van der Waals surface area contributed by atoms with Crippen LogP contribution in [-0.4, -0.2) is 65.7 Å². The van der Waals surface area contributed by atoms with E-state index < -0.39 is 10.0 Å². The fraction of sp³-hybridized carbons (Fsp3) is 0.625. The Morgan fingerprint density at radius 1 is 1.28 bits per heavy atom. The molecule has 0 atom stereocenters. The Labute approximate surface area is 154 Å². The van der Waals surface area contributed by atoms with Crippen molar-refractivity contribution in [1.82, 2.24) is 19.0 Å². The fourth-order valence-corrected chi connectivity index (χ4v) is 3.86. The van der Waals surface area contributed by atoms with Gasteiger partial charge in [0, 0.05) is 44.4 Å². The number of hydrogen-bond donors (Lipinski definition) is 0. The van der Waals surface area contributed by atoms with Gasteiger partial charge in [0.25, 0.3) is 0 Å². The van der Waals surface area contributed by atoms with Gasteiger partial charge in [-0.3, -0.25) is 9.48 Å². The van der Waals surface area contributed by atoms with Crippen molar-refractivity contribution >= 4 is 33.6 Å². The maximum atomic E-state index is 12.3. The van der Waals surface area contributed by atoms with Gasteiger partial charge in [0.05, 0.1) is 11.9 Å². The number of nitrogens with zero attached hydrogens (tertiary/aromatic N) is 4. The molecule has 1 fully saturated rings. The second kappa shape index (κ2) is 8.33. The summed E-state index contributed by atoms with van der Waals surface area (Å²) in [6, 6.07) is 0. The lowest BCUT2D eigenvalue weighted by molar-refractivity contribution is -0.127. The molecule has 1 aliphatic heterocycles. The van der Waals surface area contributed by atoms with E-state index in [1.54, 1.807) is 15.7 Å². The van der Waals surface area contributed by atoms with Gasteiger partial charge >= 0.3 is 0 Å². The Hall–Kier alpha value is -1.38. The van der Waals surface area contributed by atoms with Gasteiger partial charge in [-0.15, -0.1) is 0 Å². The van der Waals surface area contributed by atoms with Gasteiger partial charge in [0.15, 0.2) is 0 Å². The van der Waals surface area contributed by atoms with E-state index in [-0.39, 0.29) is 5.91 Å². The van der Waals surface area contributed by atoms with Crippen LogP contribution in [0.5, 0.6) is 0 Å². The number of aryl methyl sites for hydroxylation is 2. The molecule has 7 nitrogen and oxygen atoms in total. The normalized spacial score (nSPS) is 16.7. The van der Waals surface area contributed by atoms with Crippen LogP contribution >= 0.6 is 11.6 Å². The number of aromatic nitrogens is 2. The van der Waals surface area contributed by atoms with E-state index in [0.29, 0.717) is 31.3 Å². The molecule has 0 N–H and O–H groups in total. The Bertz CT molecular complexity index is 750. The highest BCUT2D eigenvalue weighted by Crippen LogP contribution is 2.22. The summed E-state index contributed by atoms with van der Waals surface area (Å²) < 4.78 is 26.2. The quantitative estimate of drug-likeness (QED) is 0.696. The molecule has 25 heavy (non-hydrogen) atoms. The molecule has 140 valence electrons. The summed E-state index contributed by atoms with van der Waals surface area (Å²) in [7, 11) is -3.20. The number of piperazine rings is 1. The third-order valence-electron chi connectivity index (χ3n) is 4.24. The average molecular weight is 389 g/mol. The minimum atomic E-state index is -3.20. The van der Waals surface area contributed by atoms with Crippen molar-refractivity contribution in [2.24, 2.45) is 0 Å². The maximum Gasteiger partial charge on any atom is 0.246 e. The van der Waals surface area contributed by atoms with Gasteiger partial charge in [-0.2, -0.15) is 9.40 Å². The first-order valence-electron chi connectivity index (χ1n) is 8.39. The van der Waals surface area contributed by atoms with Crippen LogP contribution in [0.15, 0.2) is 6.08 Å². The van der Waals surface area contributed by atoms with Crippen molar-refractivity contribution in [3.63, 3.8) is 0 Å². The predicted octanol–water partition coefficient (Wildman–Crippen LogP) is 1.76. The molecule has 1 amide bonds. The van der Waals surface area contributed by atoms with Gasteiger partial charge in [0.1, 0.15) is 5.15 Å². The second-order valence-corrected chi connectivity index (χ2v) is 8.53. The zero-order valence-electron chi connectivity index (χ0n) is 14.9. The molecular weight excluding hydrogens is 364 g/mol. The van der Waals surface area contributed by atoms with Crippen molar-refractivity contribution in [2.75, 3.05) is 32.4 Å². The number of hydrogen-bond acceptors (Lipinski definition) is 4. The van der Waals surface area contributed by atoms with Crippen LogP contribution in [0.1, 0.15) is 31.0 Å². The zero-order valence-corrected chi connectivity index (χ0v) is 16.5. The maximum absolute atomic E-state index is 12.3. The molecule has 2 rings (SSSR count). The molecule has 0 spiro atoms. The molecule has 2 heterocycles. The second-order valence-electron chi connectivity index (χ2n) is 6.19. The first kappa shape index (κ1) is 19.9. The topological polar surface area (TPSA) is 75.5 Å². The number of rotatable bonds is 6. The van der Waals surface area contributed by atoms with E-state index in [1.807, 2.05) is 6.92 Å². The smallest absolute Gasteiger partial charge is 0.246 e. The molecule has 0 aliphatic carbocycles. The summed E-state index contributed by atoms with van der Waals surface area (Å²) in [4.78, 5) is 14.0. The third kappa shape index (κ3) is 5.05. The van der Waals surface area contributed by atoms with Crippen molar-refractivity contribution in [1.29, 1.82) is 0 Å².